The minimum atomic E-state index is -0.477. The monoisotopic (exact) mass is 178 g/mol. The van der Waals surface area contributed by atoms with E-state index < -0.39 is 4.92 Å². The molecule has 0 saturated heterocycles. The summed E-state index contributed by atoms with van der Waals surface area (Å²) in [6.45, 7) is 0. The van der Waals surface area contributed by atoms with Crippen molar-refractivity contribution in [2.24, 2.45) is 0 Å². The molecule has 0 amide bonds. The lowest BCUT2D eigenvalue weighted by molar-refractivity contribution is -0.383. The standard InChI is InChI=1S/C7H6N4O2/c8-10-4-9-7-5(10)2-1-3-6(7)11(12)13/h1-4H,8H2. The van der Waals surface area contributed by atoms with Gasteiger partial charge in [0, 0.05) is 6.07 Å². The van der Waals surface area contributed by atoms with Crippen LogP contribution in [0.25, 0.3) is 11.0 Å². The van der Waals surface area contributed by atoms with Gasteiger partial charge in [-0.3, -0.25) is 10.1 Å². The van der Waals surface area contributed by atoms with Gasteiger partial charge in [0.1, 0.15) is 6.33 Å². The first-order valence-electron chi connectivity index (χ1n) is 3.55. The molecule has 2 rings (SSSR count). The summed E-state index contributed by atoms with van der Waals surface area (Å²) < 4.78 is 1.25. The summed E-state index contributed by atoms with van der Waals surface area (Å²) in [5.41, 5.74) is 0.839. The highest BCUT2D eigenvalue weighted by atomic mass is 16.6. The molecule has 1 heterocycles. The van der Waals surface area contributed by atoms with Crippen molar-refractivity contribution in [3.8, 4) is 0 Å². The Bertz CT molecular complexity index is 476. The van der Waals surface area contributed by atoms with Crippen LogP contribution in [0.2, 0.25) is 0 Å². The first-order chi connectivity index (χ1) is 6.20. The number of para-hydroxylation sites is 1. The summed E-state index contributed by atoms with van der Waals surface area (Å²) in [6.07, 6.45) is 1.34. The Morgan fingerprint density at radius 1 is 1.54 bits per heavy atom. The third-order valence-corrected chi connectivity index (χ3v) is 1.78. The van der Waals surface area contributed by atoms with E-state index in [-0.39, 0.29) is 5.69 Å². The Morgan fingerprint density at radius 3 is 3.00 bits per heavy atom. The molecule has 0 radical (unpaired) electrons. The average molecular weight is 178 g/mol. The molecule has 0 unspecified atom stereocenters. The van der Waals surface area contributed by atoms with Gasteiger partial charge in [0.15, 0.2) is 5.52 Å². The van der Waals surface area contributed by atoms with Gasteiger partial charge in [0.2, 0.25) is 0 Å². The topological polar surface area (TPSA) is 87.0 Å². The number of fused-ring (bicyclic) bond motifs is 1. The first kappa shape index (κ1) is 7.53. The number of non-ortho nitro benzene ring substituents is 1. The number of nitrogens with zero attached hydrogens (tertiary/aromatic N) is 3. The molecule has 1 aromatic heterocycles. The molecule has 1 aromatic carbocycles. The van der Waals surface area contributed by atoms with Crippen molar-refractivity contribution in [2.45, 2.75) is 0 Å². The summed E-state index contributed by atoms with van der Waals surface area (Å²) in [7, 11) is 0. The third-order valence-electron chi connectivity index (χ3n) is 1.78. The minimum absolute atomic E-state index is 0.0262. The van der Waals surface area contributed by atoms with Crippen LogP contribution in [0.5, 0.6) is 0 Å². The van der Waals surface area contributed by atoms with Crippen LogP contribution in [0.4, 0.5) is 5.69 Å². The smallest absolute Gasteiger partial charge is 0.297 e. The van der Waals surface area contributed by atoms with Gasteiger partial charge >= 0.3 is 0 Å². The van der Waals surface area contributed by atoms with Crippen LogP contribution in [0, 0.1) is 10.1 Å². The van der Waals surface area contributed by atoms with E-state index in [4.69, 9.17) is 5.84 Å². The van der Waals surface area contributed by atoms with E-state index in [1.54, 1.807) is 12.1 Å². The second-order valence-corrected chi connectivity index (χ2v) is 2.55. The Balaban J connectivity index is 2.84. The summed E-state index contributed by atoms with van der Waals surface area (Å²) in [5, 5.41) is 10.5. The van der Waals surface area contributed by atoms with Gasteiger partial charge in [-0.15, -0.1) is 0 Å². The molecule has 2 N–H and O–H groups in total. The van der Waals surface area contributed by atoms with Gasteiger partial charge in [-0.05, 0) is 6.07 Å². The van der Waals surface area contributed by atoms with Crippen molar-refractivity contribution in [3.63, 3.8) is 0 Å². The summed E-state index contributed by atoms with van der Waals surface area (Å²) in [5.74, 6) is 5.48. The highest BCUT2D eigenvalue weighted by Gasteiger charge is 2.13. The lowest BCUT2D eigenvalue weighted by Crippen LogP contribution is -2.04. The van der Waals surface area contributed by atoms with E-state index in [1.807, 2.05) is 0 Å². The zero-order valence-corrected chi connectivity index (χ0v) is 6.54. The molecule has 0 spiro atoms. The minimum Gasteiger partial charge on any atom is -0.338 e. The van der Waals surface area contributed by atoms with Gasteiger partial charge in [0.25, 0.3) is 5.69 Å². The normalized spacial score (nSPS) is 10.5. The SMILES string of the molecule is Nn1cnc2c([N+](=O)[O-])cccc21. The number of nitrogen functional groups attached to an aromatic ring is 1. The summed E-state index contributed by atoms with van der Waals surface area (Å²) in [6, 6.07) is 4.65. The van der Waals surface area contributed by atoms with Crippen molar-refractivity contribution in [2.75, 3.05) is 5.84 Å². The number of benzene rings is 1. The maximum atomic E-state index is 10.5. The molecule has 13 heavy (non-hydrogen) atoms. The fourth-order valence-electron chi connectivity index (χ4n) is 1.19. The Labute approximate surface area is 72.7 Å². The van der Waals surface area contributed by atoms with Crippen LogP contribution in [-0.4, -0.2) is 14.6 Å². The number of imidazole rings is 1. The highest BCUT2D eigenvalue weighted by molar-refractivity contribution is 5.84. The second kappa shape index (κ2) is 2.44. The molecule has 0 atom stereocenters. The largest absolute Gasteiger partial charge is 0.338 e. The molecule has 0 aliphatic carbocycles. The van der Waals surface area contributed by atoms with E-state index in [0.29, 0.717) is 11.0 Å². The molecule has 66 valence electrons. The number of nitro groups is 1. The number of hydrogen-bond acceptors (Lipinski definition) is 4. The highest BCUT2D eigenvalue weighted by Crippen LogP contribution is 2.22. The number of rotatable bonds is 1. The fraction of sp³-hybridized carbons (Fsp3) is 0. The van der Waals surface area contributed by atoms with Crippen molar-refractivity contribution in [1.82, 2.24) is 9.66 Å². The van der Waals surface area contributed by atoms with E-state index >= 15 is 0 Å². The Hall–Kier alpha value is -2.11. The Kier molecular flexibility index (Phi) is 1.42. The molecule has 0 bridgehead atoms. The quantitative estimate of drug-likeness (QED) is 0.394. The van der Waals surface area contributed by atoms with Crippen molar-refractivity contribution in [1.29, 1.82) is 0 Å². The maximum Gasteiger partial charge on any atom is 0.297 e. The fourth-order valence-corrected chi connectivity index (χ4v) is 1.19. The van der Waals surface area contributed by atoms with Crippen molar-refractivity contribution >= 4 is 16.7 Å². The zero-order chi connectivity index (χ0) is 9.42. The molecule has 6 nitrogen and oxygen atoms in total. The van der Waals surface area contributed by atoms with Crippen LogP contribution in [0.3, 0.4) is 0 Å². The molecule has 0 saturated carbocycles. The summed E-state index contributed by atoms with van der Waals surface area (Å²) in [4.78, 5) is 13.9. The van der Waals surface area contributed by atoms with Crippen molar-refractivity contribution < 1.29 is 4.92 Å². The average Bonchev–Trinajstić information content (AvgIpc) is 2.48. The predicted octanol–water partition coefficient (Wildman–Crippen LogP) is 0.658. The predicted molar refractivity (Wildman–Crippen MR) is 46.5 cm³/mol. The molecule has 0 aliphatic rings. The first-order valence-corrected chi connectivity index (χ1v) is 3.55. The number of nitro benzene ring substituents is 1. The molecule has 2 aromatic rings. The van der Waals surface area contributed by atoms with Gasteiger partial charge in [0.05, 0.1) is 10.4 Å². The zero-order valence-electron chi connectivity index (χ0n) is 6.54. The maximum absolute atomic E-state index is 10.5. The third kappa shape index (κ3) is 0.994. The van der Waals surface area contributed by atoms with Crippen LogP contribution in [0.15, 0.2) is 24.5 Å². The number of hydrogen-bond donors (Lipinski definition) is 1. The van der Waals surface area contributed by atoms with Crippen molar-refractivity contribution in [3.05, 3.63) is 34.6 Å². The Morgan fingerprint density at radius 2 is 2.31 bits per heavy atom. The number of nitrogens with two attached hydrogens (primary N) is 1. The van der Waals surface area contributed by atoms with E-state index in [0.717, 1.165) is 0 Å². The molecular formula is C7H6N4O2. The van der Waals surface area contributed by atoms with Crippen LogP contribution < -0.4 is 5.84 Å². The second-order valence-electron chi connectivity index (χ2n) is 2.55. The van der Waals surface area contributed by atoms with Crippen LogP contribution in [0.1, 0.15) is 0 Å². The molecule has 0 aliphatic heterocycles. The lowest BCUT2D eigenvalue weighted by atomic mass is 10.3. The van der Waals surface area contributed by atoms with Crippen LogP contribution >= 0.6 is 0 Å². The van der Waals surface area contributed by atoms with Gasteiger partial charge in [-0.2, -0.15) is 0 Å². The number of aromatic nitrogens is 2. The van der Waals surface area contributed by atoms with Gasteiger partial charge in [-0.25, -0.2) is 9.66 Å². The molecule has 6 heteroatoms. The lowest BCUT2D eigenvalue weighted by Gasteiger charge is -1.93. The molecule has 0 fully saturated rings. The van der Waals surface area contributed by atoms with Gasteiger partial charge in [-0.1, -0.05) is 6.07 Å². The van der Waals surface area contributed by atoms with Crippen LogP contribution in [-0.2, 0) is 0 Å². The summed E-state index contributed by atoms with van der Waals surface area (Å²) >= 11 is 0. The molecular weight excluding hydrogens is 172 g/mol. The van der Waals surface area contributed by atoms with E-state index in [1.165, 1.54) is 17.1 Å². The van der Waals surface area contributed by atoms with E-state index in [9.17, 15) is 10.1 Å². The van der Waals surface area contributed by atoms with E-state index in [2.05, 4.69) is 4.98 Å². The van der Waals surface area contributed by atoms with Gasteiger partial charge < -0.3 is 5.84 Å².